The number of carbonyl (C=O) groups excluding carboxylic acids is 2. The minimum Gasteiger partial charge on any atom is -0.466 e. The van der Waals surface area contributed by atoms with Gasteiger partial charge in [-0.3, -0.25) is 4.79 Å². The molecule has 0 saturated heterocycles. The minimum absolute atomic E-state index is 0.456. The number of aryl methyl sites for hydroxylation is 1. The summed E-state index contributed by atoms with van der Waals surface area (Å²) in [6, 6.07) is 2.05. The summed E-state index contributed by atoms with van der Waals surface area (Å²) in [4.78, 5) is 23.3. The molecule has 1 N–H and O–H groups in total. The zero-order valence-electron chi connectivity index (χ0n) is 10.2. The number of hydrogen-bond acceptors (Lipinski definition) is 5. The zero-order valence-corrected chi connectivity index (χ0v) is 11.1. The van der Waals surface area contributed by atoms with Crippen LogP contribution in [-0.4, -0.2) is 19.0 Å². The van der Waals surface area contributed by atoms with Gasteiger partial charge in [-0.15, -0.1) is 11.3 Å². The average Bonchev–Trinajstić information content (AvgIpc) is 2.61. The third-order valence-corrected chi connectivity index (χ3v) is 3.43. The summed E-state index contributed by atoms with van der Waals surface area (Å²) >= 11 is 1.33. The molecule has 1 heterocycles. The number of methoxy groups -OCH3 is 1. The predicted molar refractivity (Wildman–Crippen MR) is 68.3 cm³/mol. The molecule has 0 fully saturated rings. The summed E-state index contributed by atoms with van der Waals surface area (Å²) in [7, 11) is 1.23. The number of hydrogen-bond donors (Lipinski definition) is 1. The second kappa shape index (κ2) is 5.98. The molecule has 0 aliphatic carbocycles. The molecule has 5 nitrogen and oxygen atoms in total. The number of carbonyl (C=O) groups is 2. The van der Waals surface area contributed by atoms with Crippen LogP contribution in [-0.2, 0) is 14.3 Å². The van der Waals surface area contributed by atoms with Crippen molar-refractivity contribution in [2.24, 2.45) is 0 Å². The molecule has 0 spiro atoms. The molecular weight excluding hydrogens is 252 g/mol. The van der Waals surface area contributed by atoms with Gasteiger partial charge in [0.15, 0.2) is 0 Å². The number of esters is 1. The highest BCUT2D eigenvalue weighted by Gasteiger charge is 2.13. The first-order valence-corrected chi connectivity index (χ1v) is 5.88. The van der Waals surface area contributed by atoms with Crippen LogP contribution in [0.15, 0.2) is 12.2 Å². The summed E-state index contributed by atoms with van der Waals surface area (Å²) in [5, 5.41) is 12.1. The number of anilines is 1. The Morgan fingerprint density at radius 3 is 2.61 bits per heavy atom. The van der Waals surface area contributed by atoms with Crippen LogP contribution in [0.2, 0.25) is 0 Å². The molecule has 18 heavy (non-hydrogen) atoms. The smallest absolute Gasteiger partial charge is 0.330 e. The fourth-order valence-corrected chi connectivity index (χ4v) is 2.23. The van der Waals surface area contributed by atoms with Gasteiger partial charge in [-0.25, -0.2) is 4.79 Å². The molecule has 94 valence electrons. The van der Waals surface area contributed by atoms with E-state index in [2.05, 4.69) is 10.1 Å². The van der Waals surface area contributed by atoms with Crippen molar-refractivity contribution in [3.05, 3.63) is 28.2 Å². The van der Waals surface area contributed by atoms with Crippen LogP contribution in [0.1, 0.15) is 16.0 Å². The molecule has 0 saturated carbocycles. The van der Waals surface area contributed by atoms with Crippen molar-refractivity contribution in [3.8, 4) is 6.07 Å². The van der Waals surface area contributed by atoms with E-state index in [-0.39, 0.29) is 0 Å². The quantitative estimate of drug-likeness (QED) is 0.668. The van der Waals surface area contributed by atoms with Crippen LogP contribution in [0.25, 0.3) is 0 Å². The third-order valence-electron chi connectivity index (χ3n) is 2.31. The number of nitriles is 1. The molecule has 0 bridgehead atoms. The van der Waals surface area contributed by atoms with Gasteiger partial charge >= 0.3 is 5.97 Å². The van der Waals surface area contributed by atoms with Gasteiger partial charge in [-0.1, -0.05) is 0 Å². The number of rotatable bonds is 3. The van der Waals surface area contributed by atoms with E-state index in [0.29, 0.717) is 10.6 Å². The first-order chi connectivity index (χ1) is 8.49. The molecular formula is C12H12N2O3S. The lowest BCUT2D eigenvalue weighted by Crippen LogP contribution is -2.08. The molecule has 6 heteroatoms. The lowest BCUT2D eigenvalue weighted by molar-refractivity contribution is -0.135. The molecule has 0 unspecified atom stereocenters. The number of nitrogens with zero attached hydrogens (tertiary/aromatic N) is 1. The maximum absolute atomic E-state index is 11.5. The van der Waals surface area contributed by atoms with Crippen LogP contribution in [0.5, 0.6) is 0 Å². The molecule has 1 rings (SSSR count). The topological polar surface area (TPSA) is 79.2 Å². The summed E-state index contributed by atoms with van der Waals surface area (Å²) in [5.74, 6) is -1.08. The predicted octanol–water partition coefficient (Wildman–Crippen LogP) is 1.90. The van der Waals surface area contributed by atoms with Gasteiger partial charge in [0.2, 0.25) is 5.91 Å². The molecule has 0 atom stereocenters. The standard InChI is InChI=1S/C12H12N2O3S/c1-7-8(2)18-12(9(7)6-13)14-10(15)4-5-11(16)17-3/h4-5H,1-3H3,(H,14,15). The zero-order chi connectivity index (χ0) is 13.7. The summed E-state index contributed by atoms with van der Waals surface area (Å²) in [6.45, 7) is 3.70. The SMILES string of the molecule is COC(=O)C=CC(=O)Nc1sc(C)c(C)c1C#N. The van der Waals surface area contributed by atoms with E-state index >= 15 is 0 Å². The highest BCUT2D eigenvalue weighted by atomic mass is 32.1. The maximum Gasteiger partial charge on any atom is 0.330 e. The van der Waals surface area contributed by atoms with E-state index in [0.717, 1.165) is 22.6 Å². The Balaban J connectivity index is 2.83. The summed E-state index contributed by atoms with van der Waals surface area (Å²) < 4.78 is 4.36. The molecule has 1 amide bonds. The van der Waals surface area contributed by atoms with Crippen LogP contribution < -0.4 is 5.32 Å². The van der Waals surface area contributed by atoms with Crippen LogP contribution in [0.3, 0.4) is 0 Å². The van der Waals surface area contributed by atoms with E-state index < -0.39 is 11.9 Å². The van der Waals surface area contributed by atoms with Crippen molar-refractivity contribution in [3.63, 3.8) is 0 Å². The van der Waals surface area contributed by atoms with Gasteiger partial charge in [0.1, 0.15) is 11.1 Å². The normalized spacial score (nSPS) is 10.1. The van der Waals surface area contributed by atoms with Crippen molar-refractivity contribution in [2.45, 2.75) is 13.8 Å². The molecule has 0 aromatic carbocycles. The van der Waals surface area contributed by atoms with Gasteiger partial charge in [0.05, 0.1) is 12.7 Å². The molecule has 1 aromatic rings. The maximum atomic E-state index is 11.5. The third kappa shape index (κ3) is 3.18. The van der Waals surface area contributed by atoms with Gasteiger partial charge in [0, 0.05) is 17.0 Å². The molecule has 0 aliphatic rings. The monoisotopic (exact) mass is 264 g/mol. The van der Waals surface area contributed by atoms with Crippen molar-refractivity contribution >= 4 is 28.2 Å². The second-order valence-electron chi connectivity index (χ2n) is 3.44. The van der Waals surface area contributed by atoms with Crippen LogP contribution >= 0.6 is 11.3 Å². The fourth-order valence-electron chi connectivity index (χ4n) is 1.21. The van der Waals surface area contributed by atoms with Gasteiger partial charge < -0.3 is 10.1 Å². The van der Waals surface area contributed by atoms with Crippen LogP contribution in [0.4, 0.5) is 5.00 Å². The van der Waals surface area contributed by atoms with E-state index in [1.807, 2.05) is 19.9 Å². The Labute approximate surface area is 109 Å². The van der Waals surface area contributed by atoms with Crippen molar-refractivity contribution in [1.82, 2.24) is 0 Å². The number of thiophene rings is 1. The summed E-state index contributed by atoms with van der Waals surface area (Å²) in [5.41, 5.74) is 1.31. The van der Waals surface area contributed by atoms with Gasteiger partial charge in [-0.05, 0) is 19.4 Å². The molecule has 0 aliphatic heterocycles. The Morgan fingerprint density at radius 1 is 1.39 bits per heavy atom. The van der Waals surface area contributed by atoms with E-state index in [1.165, 1.54) is 18.4 Å². The highest BCUT2D eigenvalue weighted by molar-refractivity contribution is 7.16. The average molecular weight is 264 g/mol. The Bertz CT molecular complexity index is 552. The Morgan fingerprint density at radius 2 is 2.06 bits per heavy atom. The molecule has 1 aromatic heterocycles. The van der Waals surface area contributed by atoms with Crippen LogP contribution in [0, 0.1) is 25.2 Å². The Kier molecular flexibility index (Phi) is 4.63. The largest absolute Gasteiger partial charge is 0.466 e. The lowest BCUT2D eigenvalue weighted by atomic mass is 10.2. The van der Waals surface area contributed by atoms with Gasteiger partial charge in [-0.2, -0.15) is 5.26 Å². The van der Waals surface area contributed by atoms with Crippen molar-refractivity contribution in [2.75, 3.05) is 12.4 Å². The van der Waals surface area contributed by atoms with E-state index in [9.17, 15) is 9.59 Å². The number of ether oxygens (including phenoxy) is 1. The number of nitrogens with one attached hydrogen (secondary N) is 1. The van der Waals surface area contributed by atoms with Gasteiger partial charge in [0.25, 0.3) is 0 Å². The highest BCUT2D eigenvalue weighted by Crippen LogP contribution is 2.31. The van der Waals surface area contributed by atoms with E-state index in [4.69, 9.17) is 5.26 Å². The minimum atomic E-state index is -0.607. The summed E-state index contributed by atoms with van der Waals surface area (Å²) in [6.07, 6.45) is 2.09. The lowest BCUT2D eigenvalue weighted by Gasteiger charge is -1.98. The fraction of sp³-hybridized carbons (Fsp3) is 0.250. The van der Waals surface area contributed by atoms with E-state index in [1.54, 1.807) is 0 Å². The van der Waals surface area contributed by atoms with Crippen molar-refractivity contribution < 1.29 is 14.3 Å². The second-order valence-corrected chi connectivity index (χ2v) is 4.67. The van der Waals surface area contributed by atoms with Crippen molar-refractivity contribution in [1.29, 1.82) is 5.26 Å². The number of amides is 1. The molecule has 0 radical (unpaired) electrons. The first-order valence-electron chi connectivity index (χ1n) is 5.06. The Hall–Kier alpha value is -2.13. The first kappa shape index (κ1) is 13.9.